The third-order valence-electron chi connectivity index (χ3n) is 11.2. The molecule has 0 spiro atoms. The smallest absolute Gasteiger partial charge is 0.164 e. The Morgan fingerprint density at radius 2 is 0.852 bits per heavy atom. The molecule has 6 heteroatoms. The number of allylic oxidation sites excluding steroid dienone is 4. The normalized spacial score (nSPS) is 12.5. The van der Waals surface area contributed by atoms with Gasteiger partial charge in [0.15, 0.2) is 23.3 Å². The van der Waals surface area contributed by atoms with Gasteiger partial charge in [-0.3, -0.25) is 0 Å². The molecule has 0 bridgehead atoms. The number of hydrogen-bond donors (Lipinski definition) is 0. The first-order valence-electron chi connectivity index (χ1n) is 20.5. The van der Waals surface area contributed by atoms with E-state index in [1.54, 1.807) is 0 Å². The molecule has 3 heterocycles. The first-order valence-corrected chi connectivity index (χ1v) is 21.4. The number of hydrogen-bond acceptors (Lipinski definition) is 6. The summed E-state index contributed by atoms with van der Waals surface area (Å²) in [4.78, 5) is 25.6. The summed E-state index contributed by atoms with van der Waals surface area (Å²) in [5.74, 6) is 2.62. The molecule has 288 valence electrons. The second kappa shape index (κ2) is 15.8. The molecule has 5 nitrogen and oxygen atoms in total. The van der Waals surface area contributed by atoms with Gasteiger partial charge < -0.3 is 0 Å². The summed E-state index contributed by atoms with van der Waals surface area (Å²) < 4.78 is 2.53. The number of fused-ring (bicyclic) bond motifs is 3. The third kappa shape index (κ3) is 7.35. The lowest BCUT2D eigenvalue weighted by Crippen LogP contribution is -2.03. The molecule has 1 aliphatic rings. The van der Waals surface area contributed by atoms with Crippen LogP contribution >= 0.6 is 11.3 Å². The quantitative estimate of drug-likeness (QED) is 0.153. The van der Waals surface area contributed by atoms with E-state index < -0.39 is 0 Å². The minimum absolute atomic E-state index is 0.629. The van der Waals surface area contributed by atoms with Crippen molar-refractivity contribution in [3.05, 3.63) is 206 Å². The zero-order chi connectivity index (χ0) is 40.5. The summed E-state index contributed by atoms with van der Waals surface area (Å²) in [6, 6.07) is 63.5. The monoisotopic (exact) mass is 799 g/mol. The van der Waals surface area contributed by atoms with Crippen molar-refractivity contribution in [2.24, 2.45) is 0 Å². The van der Waals surface area contributed by atoms with Crippen molar-refractivity contribution in [2.75, 3.05) is 0 Å². The minimum Gasteiger partial charge on any atom is -0.228 e. The highest BCUT2D eigenvalue weighted by Gasteiger charge is 2.17. The molecular weight excluding hydrogens is 763 g/mol. The van der Waals surface area contributed by atoms with E-state index in [4.69, 9.17) is 24.9 Å². The lowest BCUT2D eigenvalue weighted by atomic mass is 10.00. The third-order valence-corrected chi connectivity index (χ3v) is 12.3. The average Bonchev–Trinajstić information content (AvgIpc) is 3.73. The van der Waals surface area contributed by atoms with Crippen molar-refractivity contribution >= 4 is 37.1 Å². The Balaban J connectivity index is 0.973. The second-order valence-electron chi connectivity index (χ2n) is 15.2. The van der Waals surface area contributed by atoms with Crippen LogP contribution in [0.3, 0.4) is 0 Å². The molecule has 0 aliphatic heterocycles. The van der Waals surface area contributed by atoms with Gasteiger partial charge in [0.25, 0.3) is 0 Å². The highest BCUT2D eigenvalue weighted by Crippen LogP contribution is 2.38. The van der Waals surface area contributed by atoms with E-state index in [9.17, 15) is 0 Å². The van der Waals surface area contributed by atoms with Gasteiger partial charge in [-0.15, -0.1) is 11.3 Å². The summed E-state index contributed by atoms with van der Waals surface area (Å²) in [5, 5.41) is 2.55. The van der Waals surface area contributed by atoms with Gasteiger partial charge >= 0.3 is 0 Å². The second-order valence-corrected chi connectivity index (χ2v) is 16.3. The predicted molar refractivity (Wildman–Crippen MR) is 253 cm³/mol. The predicted octanol–water partition coefficient (Wildman–Crippen LogP) is 14.4. The van der Waals surface area contributed by atoms with Crippen molar-refractivity contribution in [2.45, 2.75) is 12.8 Å². The summed E-state index contributed by atoms with van der Waals surface area (Å²) in [6.07, 6.45) is 8.50. The average molecular weight is 800 g/mol. The molecule has 11 rings (SSSR count). The maximum absolute atomic E-state index is 5.23. The maximum atomic E-state index is 5.23. The van der Waals surface area contributed by atoms with Gasteiger partial charge in [0.2, 0.25) is 0 Å². The van der Waals surface area contributed by atoms with Crippen LogP contribution in [0.2, 0.25) is 0 Å². The zero-order valence-electron chi connectivity index (χ0n) is 33.1. The molecular formula is C55H37N5S. The standard InChI is InChI=1S/C55H37N5S/c1-4-14-36(15-5-1)37-26-28-40(29-27-37)53-58-52(39-18-8-3-9-19-39)59-55(60-53)45-23-13-21-42(33-45)41-20-12-22-44(32-41)54-56-48(38-16-6-2-7-17-38)35-49(57-54)43-30-31-47-46-24-10-11-25-50(46)61-51(47)34-43/h1-2,4-8,10-35H,3,9H2. The Bertz CT molecular complexity index is 3300. The molecule has 61 heavy (non-hydrogen) atoms. The van der Waals surface area contributed by atoms with Gasteiger partial charge in [-0.05, 0) is 65.4 Å². The van der Waals surface area contributed by atoms with E-state index in [0.717, 1.165) is 74.3 Å². The summed E-state index contributed by atoms with van der Waals surface area (Å²) in [5.41, 5.74) is 12.1. The Hall–Kier alpha value is -7.67. The number of benzene rings is 7. The molecule has 0 N–H and O–H groups in total. The fourth-order valence-corrected chi connectivity index (χ4v) is 9.17. The molecule has 0 atom stereocenters. The number of thiophene rings is 1. The highest BCUT2D eigenvalue weighted by atomic mass is 32.1. The van der Waals surface area contributed by atoms with Crippen LogP contribution in [0.4, 0.5) is 0 Å². The molecule has 0 radical (unpaired) electrons. The lowest BCUT2D eigenvalue weighted by molar-refractivity contribution is 1.01. The van der Waals surface area contributed by atoms with Crippen LogP contribution in [0.15, 0.2) is 200 Å². The van der Waals surface area contributed by atoms with E-state index in [-0.39, 0.29) is 0 Å². The summed E-state index contributed by atoms with van der Waals surface area (Å²) >= 11 is 1.82. The summed E-state index contributed by atoms with van der Waals surface area (Å²) in [6.45, 7) is 0. The topological polar surface area (TPSA) is 64.5 Å². The first-order chi connectivity index (χ1) is 30.2. The van der Waals surface area contributed by atoms with E-state index in [1.165, 1.54) is 25.7 Å². The maximum Gasteiger partial charge on any atom is 0.164 e. The number of aromatic nitrogens is 5. The molecule has 0 amide bonds. The molecule has 0 unspecified atom stereocenters. The Morgan fingerprint density at radius 1 is 0.328 bits per heavy atom. The molecule has 3 aromatic heterocycles. The Kier molecular flexibility index (Phi) is 9.45. The van der Waals surface area contributed by atoms with E-state index in [0.29, 0.717) is 23.3 Å². The van der Waals surface area contributed by atoms with Crippen LogP contribution in [0.1, 0.15) is 18.7 Å². The van der Waals surface area contributed by atoms with Gasteiger partial charge in [0, 0.05) is 53.6 Å². The largest absolute Gasteiger partial charge is 0.228 e. The van der Waals surface area contributed by atoms with Crippen molar-refractivity contribution in [1.29, 1.82) is 0 Å². The van der Waals surface area contributed by atoms with Crippen LogP contribution in [-0.2, 0) is 0 Å². The first kappa shape index (κ1) is 36.4. The van der Waals surface area contributed by atoms with Gasteiger partial charge in [0.1, 0.15) is 0 Å². The van der Waals surface area contributed by atoms with Crippen LogP contribution in [0, 0.1) is 0 Å². The van der Waals surface area contributed by atoms with E-state index in [1.807, 2.05) is 23.5 Å². The molecule has 1 aliphatic carbocycles. The van der Waals surface area contributed by atoms with E-state index in [2.05, 4.69) is 188 Å². The van der Waals surface area contributed by atoms with Crippen LogP contribution in [0.25, 0.3) is 105 Å². The molecule has 10 aromatic rings. The van der Waals surface area contributed by atoms with Crippen molar-refractivity contribution in [3.63, 3.8) is 0 Å². The number of rotatable bonds is 8. The van der Waals surface area contributed by atoms with Gasteiger partial charge in [-0.2, -0.15) is 0 Å². The van der Waals surface area contributed by atoms with Gasteiger partial charge in [-0.25, -0.2) is 24.9 Å². The summed E-state index contributed by atoms with van der Waals surface area (Å²) in [7, 11) is 0. The fraction of sp³-hybridized carbons (Fsp3) is 0.0364. The Labute approximate surface area is 358 Å². The zero-order valence-corrected chi connectivity index (χ0v) is 33.9. The van der Waals surface area contributed by atoms with Crippen LogP contribution < -0.4 is 0 Å². The van der Waals surface area contributed by atoms with Gasteiger partial charge in [-0.1, -0.05) is 170 Å². The molecule has 0 saturated heterocycles. The highest BCUT2D eigenvalue weighted by molar-refractivity contribution is 7.25. The fourth-order valence-electron chi connectivity index (χ4n) is 8.03. The van der Waals surface area contributed by atoms with Gasteiger partial charge in [0.05, 0.1) is 11.4 Å². The van der Waals surface area contributed by atoms with E-state index >= 15 is 0 Å². The van der Waals surface area contributed by atoms with Crippen molar-refractivity contribution in [1.82, 2.24) is 24.9 Å². The SMILES string of the molecule is C1=CC(c2nc(-c3ccc(-c4ccccc4)cc3)nc(-c3cccc(-c4cccc(-c5nc(-c6ccccc6)cc(-c6ccc7c(c6)sc6ccccc67)n5)c4)c3)n2)=CCC1. The molecule has 7 aromatic carbocycles. The molecule has 0 fully saturated rings. The molecule has 0 saturated carbocycles. The Morgan fingerprint density at radius 3 is 1.56 bits per heavy atom. The lowest BCUT2D eigenvalue weighted by Gasteiger charge is -2.12. The number of nitrogens with zero attached hydrogens (tertiary/aromatic N) is 5. The van der Waals surface area contributed by atoms with Crippen molar-refractivity contribution < 1.29 is 0 Å². The minimum atomic E-state index is 0.629. The van der Waals surface area contributed by atoms with Crippen molar-refractivity contribution in [3.8, 4) is 78.9 Å². The van der Waals surface area contributed by atoms with Crippen LogP contribution in [0.5, 0.6) is 0 Å². The van der Waals surface area contributed by atoms with Crippen LogP contribution in [-0.4, -0.2) is 24.9 Å².